The van der Waals surface area contributed by atoms with Gasteiger partial charge in [0.15, 0.2) is 0 Å². The van der Waals surface area contributed by atoms with Crippen LogP contribution in [0, 0.1) is 0 Å². The molecule has 0 N–H and O–H groups in total. The molecule has 4 bridgehead atoms. The van der Waals surface area contributed by atoms with Gasteiger partial charge in [-0.3, -0.25) is 9.36 Å². The largest absolute Gasteiger partial charge is 0.447 e. The van der Waals surface area contributed by atoms with E-state index in [-0.39, 0.29) is 43.0 Å². The summed E-state index contributed by atoms with van der Waals surface area (Å²) in [6, 6.07) is 1.06. The number of oxazole rings is 1. The van der Waals surface area contributed by atoms with Gasteiger partial charge in [0.05, 0.1) is 25.8 Å². The third-order valence-electron chi connectivity index (χ3n) is 5.87. The van der Waals surface area contributed by atoms with Crippen LogP contribution in [0.4, 0.5) is 24.9 Å². The number of hydrogen-bond acceptors (Lipinski definition) is 7. The van der Waals surface area contributed by atoms with Gasteiger partial charge in [-0.2, -0.15) is 18.2 Å². The number of aromatic nitrogens is 3. The molecule has 1 saturated heterocycles. The molecule has 11 heteroatoms. The van der Waals surface area contributed by atoms with Crippen molar-refractivity contribution < 1.29 is 22.3 Å². The van der Waals surface area contributed by atoms with Crippen molar-refractivity contribution in [2.24, 2.45) is 0 Å². The quantitative estimate of drug-likeness (QED) is 0.672. The molecule has 1 fully saturated rings. The third-order valence-corrected chi connectivity index (χ3v) is 5.87. The lowest BCUT2D eigenvalue weighted by molar-refractivity contribution is -0.188. The molecule has 0 amide bonds. The van der Waals surface area contributed by atoms with E-state index in [0.29, 0.717) is 31.3 Å². The Bertz CT molecular complexity index is 987. The molecule has 5 heterocycles. The predicted octanol–water partition coefficient (Wildman–Crippen LogP) is 1.85. The summed E-state index contributed by atoms with van der Waals surface area (Å²) in [6.07, 6.45) is -3.35. The Labute approximate surface area is 157 Å². The molecule has 0 unspecified atom stereocenters. The normalized spacial score (nSPS) is 26.8. The Morgan fingerprint density at radius 3 is 2.89 bits per heavy atom. The summed E-state index contributed by atoms with van der Waals surface area (Å²) in [5, 5.41) is 0. The van der Waals surface area contributed by atoms with Gasteiger partial charge in [0.2, 0.25) is 11.8 Å². The number of alkyl halides is 3. The first-order valence-corrected chi connectivity index (χ1v) is 9.03. The number of rotatable bonds is 0. The Balaban J connectivity index is 1.75. The van der Waals surface area contributed by atoms with Gasteiger partial charge >= 0.3 is 6.18 Å². The number of morpholine rings is 1. The highest BCUT2D eigenvalue weighted by molar-refractivity contribution is 5.50. The van der Waals surface area contributed by atoms with Crippen LogP contribution < -0.4 is 15.4 Å². The molecule has 3 aliphatic rings. The summed E-state index contributed by atoms with van der Waals surface area (Å²) in [4.78, 5) is 24.6. The van der Waals surface area contributed by atoms with Gasteiger partial charge in [0, 0.05) is 19.2 Å². The van der Waals surface area contributed by atoms with Crippen LogP contribution in [-0.4, -0.2) is 46.0 Å². The van der Waals surface area contributed by atoms with Crippen LogP contribution in [0.25, 0.3) is 0 Å². The standard InChI is InChI=1S/C17H18F3N5O3/c1-16(17(18,19)20)2-3-24-14(26)6-12-22-15(24)25(16)7-13-21-10(8-28-13)11-9-27-5-4-23(11)12/h6,8,11H,2-5,7,9H2,1H3/t11-,16-/m0/s1. The van der Waals surface area contributed by atoms with Gasteiger partial charge in [-0.25, -0.2) is 4.98 Å². The first-order valence-electron chi connectivity index (χ1n) is 9.03. The molecule has 2 aromatic rings. The monoisotopic (exact) mass is 397 g/mol. The average molecular weight is 397 g/mol. The zero-order valence-corrected chi connectivity index (χ0v) is 15.1. The van der Waals surface area contributed by atoms with Crippen LogP contribution in [0.2, 0.25) is 0 Å². The van der Waals surface area contributed by atoms with Crippen LogP contribution >= 0.6 is 0 Å². The van der Waals surface area contributed by atoms with E-state index in [2.05, 4.69) is 9.97 Å². The molecule has 0 aliphatic carbocycles. The van der Waals surface area contributed by atoms with E-state index < -0.39 is 11.7 Å². The molecule has 0 aromatic carbocycles. The van der Waals surface area contributed by atoms with Gasteiger partial charge in [0.1, 0.15) is 23.3 Å². The van der Waals surface area contributed by atoms with Crippen molar-refractivity contribution in [3.63, 3.8) is 0 Å². The SMILES string of the molecule is C[C@@]1(C(F)(F)F)CCn2c3nc(cc2=O)N2CCOC[C@H]2c2coc(n2)CN31. The fraction of sp³-hybridized carbons (Fsp3) is 0.588. The zero-order chi connectivity index (χ0) is 19.7. The number of halogens is 3. The maximum atomic E-state index is 14.0. The number of anilines is 2. The minimum absolute atomic E-state index is 0.0135. The van der Waals surface area contributed by atoms with Gasteiger partial charge in [0.25, 0.3) is 5.56 Å². The second-order valence-electron chi connectivity index (χ2n) is 7.46. The molecular formula is C17H18F3N5O3. The molecule has 5 rings (SSSR count). The summed E-state index contributed by atoms with van der Waals surface area (Å²) in [7, 11) is 0. The Hall–Kier alpha value is -2.56. The van der Waals surface area contributed by atoms with Crippen LogP contribution in [-0.2, 0) is 17.8 Å². The topological polar surface area (TPSA) is 76.6 Å². The fourth-order valence-electron chi connectivity index (χ4n) is 4.08. The van der Waals surface area contributed by atoms with Gasteiger partial charge in [-0.1, -0.05) is 0 Å². The Morgan fingerprint density at radius 2 is 2.11 bits per heavy atom. The van der Waals surface area contributed by atoms with Gasteiger partial charge in [-0.15, -0.1) is 0 Å². The second-order valence-corrected chi connectivity index (χ2v) is 7.46. The lowest BCUT2D eigenvalue weighted by Crippen LogP contribution is -2.61. The molecule has 0 spiro atoms. The summed E-state index contributed by atoms with van der Waals surface area (Å²) in [6.45, 7) is 2.03. The predicted molar refractivity (Wildman–Crippen MR) is 91.2 cm³/mol. The molecule has 8 nitrogen and oxygen atoms in total. The van der Waals surface area contributed by atoms with Crippen LogP contribution in [0.3, 0.4) is 0 Å². The minimum atomic E-state index is -4.52. The van der Waals surface area contributed by atoms with Crippen molar-refractivity contribution in [3.05, 3.63) is 34.3 Å². The van der Waals surface area contributed by atoms with Crippen LogP contribution in [0.15, 0.2) is 21.5 Å². The third kappa shape index (κ3) is 2.38. The highest BCUT2D eigenvalue weighted by Gasteiger charge is 2.58. The molecule has 0 radical (unpaired) electrons. The Kier molecular flexibility index (Phi) is 3.58. The molecule has 0 saturated carbocycles. The molecule has 150 valence electrons. The van der Waals surface area contributed by atoms with Gasteiger partial charge in [-0.05, 0) is 13.3 Å². The van der Waals surface area contributed by atoms with Crippen molar-refractivity contribution >= 4 is 11.8 Å². The van der Waals surface area contributed by atoms with Crippen molar-refractivity contribution in [1.29, 1.82) is 0 Å². The Morgan fingerprint density at radius 1 is 1.29 bits per heavy atom. The number of ether oxygens (including phenoxy) is 1. The van der Waals surface area contributed by atoms with E-state index in [9.17, 15) is 18.0 Å². The highest BCUT2D eigenvalue weighted by Crippen LogP contribution is 2.44. The molecule has 2 aromatic heterocycles. The van der Waals surface area contributed by atoms with E-state index >= 15 is 0 Å². The summed E-state index contributed by atoms with van der Waals surface area (Å²) in [5.74, 6) is 0.457. The van der Waals surface area contributed by atoms with Gasteiger partial charge < -0.3 is 19.0 Å². The van der Waals surface area contributed by atoms with E-state index in [0.717, 1.165) is 11.8 Å². The molecule has 28 heavy (non-hydrogen) atoms. The van der Waals surface area contributed by atoms with Crippen LogP contribution in [0.5, 0.6) is 0 Å². The first kappa shape index (κ1) is 17.5. The van der Waals surface area contributed by atoms with E-state index in [1.54, 1.807) is 0 Å². The zero-order valence-electron chi connectivity index (χ0n) is 15.1. The summed E-state index contributed by atoms with van der Waals surface area (Å²) < 4.78 is 54.4. The van der Waals surface area contributed by atoms with Crippen LogP contribution in [0.1, 0.15) is 31.0 Å². The summed E-state index contributed by atoms with van der Waals surface area (Å²) >= 11 is 0. The van der Waals surface area contributed by atoms with Crippen molar-refractivity contribution in [1.82, 2.24) is 14.5 Å². The maximum absolute atomic E-state index is 14.0. The number of hydrogen-bond donors (Lipinski definition) is 0. The first-order chi connectivity index (χ1) is 13.3. The maximum Gasteiger partial charge on any atom is 0.411 e. The molecule has 2 atom stereocenters. The second kappa shape index (κ2) is 5.72. The lowest BCUT2D eigenvalue weighted by atomic mass is 9.92. The van der Waals surface area contributed by atoms with Crippen molar-refractivity contribution in [2.75, 3.05) is 29.6 Å². The summed E-state index contributed by atoms with van der Waals surface area (Å²) in [5.41, 5.74) is -2.01. The van der Waals surface area contributed by atoms with E-state index in [1.807, 2.05) is 4.90 Å². The lowest BCUT2D eigenvalue weighted by Gasteiger charge is -2.47. The molecule has 3 aliphatic heterocycles. The number of nitrogens with zero attached hydrogens (tertiary/aromatic N) is 5. The van der Waals surface area contributed by atoms with E-state index in [1.165, 1.54) is 16.9 Å². The van der Waals surface area contributed by atoms with Crippen molar-refractivity contribution in [2.45, 2.75) is 44.2 Å². The molecular weight excluding hydrogens is 379 g/mol. The smallest absolute Gasteiger partial charge is 0.411 e. The minimum Gasteiger partial charge on any atom is -0.447 e. The van der Waals surface area contributed by atoms with E-state index in [4.69, 9.17) is 9.15 Å². The fourth-order valence-corrected chi connectivity index (χ4v) is 4.08. The van der Waals surface area contributed by atoms with Crippen molar-refractivity contribution in [3.8, 4) is 0 Å². The number of fused-ring (bicyclic) bond motifs is 6. The highest BCUT2D eigenvalue weighted by atomic mass is 19.4. The average Bonchev–Trinajstić information content (AvgIpc) is 3.11.